The predicted molar refractivity (Wildman–Crippen MR) is 236 cm³/mol. The van der Waals surface area contributed by atoms with Crippen LogP contribution in [0.15, 0.2) is 206 Å². The van der Waals surface area contributed by atoms with E-state index in [-0.39, 0.29) is 0 Å². The number of rotatable bonds is 6. The van der Waals surface area contributed by atoms with Crippen LogP contribution in [0.25, 0.3) is 105 Å². The zero-order chi connectivity index (χ0) is 37.7. The average Bonchev–Trinajstić information content (AvgIpc) is 3.63. The first kappa shape index (κ1) is 32.7. The Morgan fingerprint density at radius 1 is 0.281 bits per heavy atom. The smallest absolute Gasteiger partial charge is 0.164 e. The second-order valence-corrected chi connectivity index (χ2v) is 14.4. The van der Waals surface area contributed by atoms with E-state index in [0.29, 0.717) is 17.5 Å². The summed E-state index contributed by atoms with van der Waals surface area (Å²) in [5.74, 6) is 1.89. The fourth-order valence-corrected chi connectivity index (χ4v) is 8.37. The number of nitrogens with zero attached hydrogens (tertiary/aromatic N) is 4. The van der Waals surface area contributed by atoms with Crippen molar-refractivity contribution in [2.24, 2.45) is 0 Å². The summed E-state index contributed by atoms with van der Waals surface area (Å²) in [6.45, 7) is 0. The normalized spacial score (nSPS) is 11.5. The van der Waals surface area contributed by atoms with Gasteiger partial charge in [-0.2, -0.15) is 0 Å². The fourth-order valence-electron chi connectivity index (χ4n) is 8.37. The number of hydrogen-bond donors (Lipinski definition) is 0. The second kappa shape index (κ2) is 13.6. The Morgan fingerprint density at radius 2 is 0.754 bits per heavy atom. The minimum Gasteiger partial charge on any atom is -0.309 e. The van der Waals surface area contributed by atoms with Crippen molar-refractivity contribution in [1.29, 1.82) is 0 Å². The van der Waals surface area contributed by atoms with Gasteiger partial charge in [0.25, 0.3) is 0 Å². The van der Waals surface area contributed by atoms with Gasteiger partial charge in [0.1, 0.15) is 0 Å². The zero-order valence-corrected chi connectivity index (χ0v) is 30.9. The molecule has 266 valence electrons. The molecular formula is C53H34N4. The summed E-state index contributed by atoms with van der Waals surface area (Å²) in [7, 11) is 0. The van der Waals surface area contributed by atoms with Crippen molar-refractivity contribution in [3.8, 4) is 62.1 Å². The molecule has 0 saturated carbocycles. The van der Waals surface area contributed by atoms with Crippen LogP contribution in [0.1, 0.15) is 0 Å². The first-order chi connectivity index (χ1) is 28.3. The maximum atomic E-state index is 5.30. The molecule has 0 spiro atoms. The van der Waals surface area contributed by atoms with Gasteiger partial charge in [-0.1, -0.05) is 182 Å². The van der Waals surface area contributed by atoms with Gasteiger partial charge in [0.2, 0.25) is 0 Å². The van der Waals surface area contributed by atoms with Gasteiger partial charge in [-0.3, -0.25) is 0 Å². The number of para-hydroxylation sites is 2. The molecule has 9 aromatic carbocycles. The standard InChI is InChI=1S/C53H34N4/c1-2-15-35(16-3-1)38-21-12-22-39(33-38)43-32-31-40(34-50(43)57-48-29-10-8-25-44(48)45-26-9-11-30-49(45)57)51-54-52(46-27-13-19-36-17-4-6-23-41(36)46)56-53(55-51)47-28-14-20-37-18-5-7-24-42(37)47/h1-34H. The van der Waals surface area contributed by atoms with E-state index >= 15 is 0 Å². The Kier molecular flexibility index (Phi) is 7.78. The molecule has 57 heavy (non-hydrogen) atoms. The third-order valence-corrected chi connectivity index (χ3v) is 11.1. The van der Waals surface area contributed by atoms with Gasteiger partial charge in [0.05, 0.1) is 16.7 Å². The first-order valence-corrected chi connectivity index (χ1v) is 19.3. The van der Waals surface area contributed by atoms with Crippen molar-refractivity contribution in [3.63, 3.8) is 0 Å². The molecule has 0 aliphatic heterocycles. The van der Waals surface area contributed by atoms with Gasteiger partial charge in [-0.15, -0.1) is 0 Å². The van der Waals surface area contributed by atoms with Crippen molar-refractivity contribution in [2.45, 2.75) is 0 Å². The van der Waals surface area contributed by atoms with Crippen molar-refractivity contribution in [3.05, 3.63) is 206 Å². The number of hydrogen-bond acceptors (Lipinski definition) is 3. The Morgan fingerprint density at radius 3 is 1.39 bits per heavy atom. The van der Waals surface area contributed by atoms with Crippen LogP contribution < -0.4 is 0 Å². The molecule has 0 radical (unpaired) electrons. The van der Waals surface area contributed by atoms with Gasteiger partial charge < -0.3 is 4.57 Å². The largest absolute Gasteiger partial charge is 0.309 e. The van der Waals surface area contributed by atoms with Crippen LogP contribution in [0.5, 0.6) is 0 Å². The molecule has 0 saturated heterocycles. The molecule has 0 unspecified atom stereocenters. The third kappa shape index (κ3) is 5.66. The van der Waals surface area contributed by atoms with E-state index in [4.69, 9.17) is 15.0 Å². The summed E-state index contributed by atoms with van der Waals surface area (Å²) in [6.07, 6.45) is 0. The van der Waals surface area contributed by atoms with Crippen molar-refractivity contribution in [1.82, 2.24) is 19.5 Å². The highest BCUT2D eigenvalue weighted by atomic mass is 15.0. The summed E-state index contributed by atoms with van der Waals surface area (Å²) in [5, 5.41) is 6.89. The molecule has 0 atom stereocenters. The lowest BCUT2D eigenvalue weighted by Crippen LogP contribution is -2.03. The Bertz CT molecular complexity index is 3150. The van der Waals surface area contributed by atoms with Crippen LogP contribution in [0, 0.1) is 0 Å². The fraction of sp³-hybridized carbons (Fsp3) is 0. The average molecular weight is 727 g/mol. The summed E-state index contributed by atoms with van der Waals surface area (Å²) in [6, 6.07) is 72.9. The molecule has 0 bridgehead atoms. The molecule has 11 rings (SSSR count). The predicted octanol–water partition coefficient (Wildman–Crippen LogP) is 13.6. The lowest BCUT2D eigenvalue weighted by Gasteiger charge is -2.17. The SMILES string of the molecule is c1ccc(-c2cccc(-c3ccc(-c4nc(-c5cccc6ccccc56)nc(-c5cccc6ccccc56)n4)cc3-n3c4ccccc4c4ccccc43)c2)cc1. The number of benzene rings is 9. The van der Waals surface area contributed by atoms with Crippen molar-refractivity contribution >= 4 is 43.4 Å². The van der Waals surface area contributed by atoms with E-state index in [0.717, 1.165) is 66.1 Å². The minimum absolute atomic E-state index is 0.613. The van der Waals surface area contributed by atoms with Crippen molar-refractivity contribution < 1.29 is 0 Å². The summed E-state index contributed by atoms with van der Waals surface area (Å²) in [4.78, 5) is 15.8. The van der Waals surface area contributed by atoms with E-state index in [2.05, 4.69) is 211 Å². The topological polar surface area (TPSA) is 43.6 Å². The van der Waals surface area contributed by atoms with Crippen LogP contribution in [-0.2, 0) is 0 Å². The van der Waals surface area contributed by atoms with E-state index in [1.54, 1.807) is 0 Å². The van der Waals surface area contributed by atoms with Crippen LogP contribution in [0.3, 0.4) is 0 Å². The zero-order valence-electron chi connectivity index (χ0n) is 30.9. The van der Waals surface area contributed by atoms with E-state index in [9.17, 15) is 0 Å². The molecule has 2 aromatic heterocycles. The van der Waals surface area contributed by atoms with E-state index < -0.39 is 0 Å². The lowest BCUT2D eigenvalue weighted by atomic mass is 9.96. The highest BCUT2D eigenvalue weighted by molar-refractivity contribution is 6.10. The highest BCUT2D eigenvalue weighted by Gasteiger charge is 2.20. The molecule has 0 N–H and O–H groups in total. The monoisotopic (exact) mass is 726 g/mol. The van der Waals surface area contributed by atoms with Gasteiger partial charge in [-0.25, -0.2) is 15.0 Å². The molecule has 0 amide bonds. The van der Waals surface area contributed by atoms with E-state index in [1.165, 1.54) is 21.9 Å². The third-order valence-electron chi connectivity index (χ3n) is 11.1. The summed E-state index contributed by atoms with van der Waals surface area (Å²) < 4.78 is 2.40. The van der Waals surface area contributed by atoms with Gasteiger partial charge >= 0.3 is 0 Å². The molecule has 2 heterocycles. The maximum Gasteiger partial charge on any atom is 0.164 e. The number of fused-ring (bicyclic) bond motifs is 5. The van der Waals surface area contributed by atoms with Crippen LogP contribution in [0.2, 0.25) is 0 Å². The molecular weight excluding hydrogens is 693 g/mol. The maximum absolute atomic E-state index is 5.30. The van der Waals surface area contributed by atoms with Crippen LogP contribution >= 0.6 is 0 Å². The quantitative estimate of drug-likeness (QED) is 0.171. The molecule has 11 aromatic rings. The first-order valence-electron chi connectivity index (χ1n) is 19.3. The number of aromatic nitrogens is 4. The molecule has 0 aliphatic carbocycles. The lowest BCUT2D eigenvalue weighted by molar-refractivity contribution is 1.08. The molecule has 0 aliphatic rings. The Balaban J connectivity index is 1.19. The van der Waals surface area contributed by atoms with E-state index in [1.807, 2.05) is 0 Å². The second-order valence-electron chi connectivity index (χ2n) is 14.4. The van der Waals surface area contributed by atoms with Crippen molar-refractivity contribution in [2.75, 3.05) is 0 Å². The Labute approximate surface area is 330 Å². The van der Waals surface area contributed by atoms with Gasteiger partial charge in [-0.05, 0) is 62.5 Å². The summed E-state index contributed by atoms with van der Waals surface area (Å²) in [5.41, 5.74) is 10.8. The summed E-state index contributed by atoms with van der Waals surface area (Å²) >= 11 is 0. The van der Waals surface area contributed by atoms with Gasteiger partial charge in [0, 0.05) is 33.0 Å². The molecule has 0 fully saturated rings. The minimum atomic E-state index is 0.613. The van der Waals surface area contributed by atoms with Crippen LogP contribution in [-0.4, -0.2) is 19.5 Å². The van der Waals surface area contributed by atoms with Crippen LogP contribution in [0.4, 0.5) is 0 Å². The molecule has 4 nitrogen and oxygen atoms in total. The Hall–Kier alpha value is -7.69. The van der Waals surface area contributed by atoms with Gasteiger partial charge in [0.15, 0.2) is 17.5 Å². The highest BCUT2D eigenvalue weighted by Crippen LogP contribution is 2.40. The molecule has 4 heteroatoms.